The normalized spacial score (nSPS) is 10.9. The van der Waals surface area contributed by atoms with Crippen LogP contribution in [0.15, 0.2) is 6.20 Å². The smallest absolute Gasteiger partial charge is 0.254 e. The molecule has 0 saturated carbocycles. The third-order valence-electron chi connectivity index (χ3n) is 1.70. The zero-order valence-corrected chi connectivity index (χ0v) is 10.6. The Kier molecular flexibility index (Phi) is 4.03. The Morgan fingerprint density at radius 2 is 2.23 bits per heavy atom. The summed E-state index contributed by atoms with van der Waals surface area (Å²) in [6, 6.07) is 0. The predicted octanol–water partition coefficient (Wildman–Crippen LogP) is 3.83. The van der Waals surface area contributed by atoms with Gasteiger partial charge >= 0.3 is 0 Å². The van der Waals surface area contributed by atoms with E-state index in [0.29, 0.717) is 8.90 Å². The van der Waals surface area contributed by atoms with Gasteiger partial charge in [-0.05, 0) is 40.6 Å². The quantitative estimate of drug-likeness (QED) is 0.576. The van der Waals surface area contributed by atoms with Crippen LogP contribution in [0.5, 0.6) is 0 Å². The second-order valence-electron chi connectivity index (χ2n) is 2.55. The third kappa shape index (κ3) is 2.37. The van der Waals surface area contributed by atoms with Crippen LogP contribution >= 0.6 is 38.5 Å². The molecular formula is C8H7BrF2IN. The van der Waals surface area contributed by atoms with Gasteiger partial charge in [0.2, 0.25) is 0 Å². The van der Waals surface area contributed by atoms with Crippen molar-refractivity contribution in [2.75, 3.05) is 0 Å². The maximum absolute atomic E-state index is 12.4. The van der Waals surface area contributed by atoms with Crippen molar-refractivity contribution in [2.24, 2.45) is 0 Å². The molecule has 0 aliphatic carbocycles. The van der Waals surface area contributed by atoms with Crippen molar-refractivity contribution in [2.45, 2.75) is 18.7 Å². The van der Waals surface area contributed by atoms with Crippen molar-refractivity contribution in [1.29, 1.82) is 0 Å². The number of halogens is 4. The zero-order valence-electron chi connectivity index (χ0n) is 6.82. The summed E-state index contributed by atoms with van der Waals surface area (Å²) >= 11 is 5.17. The molecule has 0 atom stereocenters. The Hall–Kier alpha value is 0.220. The lowest BCUT2D eigenvalue weighted by Crippen LogP contribution is -2.00. The minimum absolute atomic E-state index is 0.124. The van der Waals surface area contributed by atoms with Crippen molar-refractivity contribution in [3.8, 4) is 0 Å². The molecule has 0 aliphatic heterocycles. The molecule has 1 aromatic heterocycles. The van der Waals surface area contributed by atoms with Crippen LogP contribution in [-0.4, -0.2) is 4.98 Å². The highest BCUT2D eigenvalue weighted by Crippen LogP contribution is 2.27. The van der Waals surface area contributed by atoms with Gasteiger partial charge in [-0.1, -0.05) is 15.9 Å². The van der Waals surface area contributed by atoms with E-state index in [1.165, 1.54) is 6.20 Å². The summed E-state index contributed by atoms with van der Waals surface area (Å²) in [6.07, 6.45) is -1.01. The Balaban J connectivity index is 3.27. The Morgan fingerprint density at radius 3 is 2.69 bits per heavy atom. The summed E-state index contributed by atoms with van der Waals surface area (Å²) < 4.78 is 25.3. The van der Waals surface area contributed by atoms with Crippen molar-refractivity contribution in [3.63, 3.8) is 0 Å². The largest absolute Gasteiger partial charge is 0.281 e. The average Bonchev–Trinajstić information content (AvgIpc) is 2.04. The highest BCUT2D eigenvalue weighted by Gasteiger charge is 2.16. The van der Waals surface area contributed by atoms with Crippen LogP contribution in [0.3, 0.4) is 0 Å². The molecule has 5 heteroatoms. The van der Waals surface area contributed by atoms with Crippen LogP contribution in [0.2, 0.25) is 0 Å². The second kappa shape index (κ2) is 4.63. The Bertz CT molecular complexity index is 317. The van der Waals surface area contributed by atoms with Crippen LogP contribution in [0, 0.1) is 10.5 Å². The number of rotatable bonds is 2. The highest BCUT2D eigenvalue weighted by molar-refractivity contribution is 14.1. The van der Waals surface area contributed by atoms with E-state index in [4.69, 9.17) is 0 Å². The van der Waals surface area contributed by atoms with Crippen molar-refractivity contribution >= 4 is 38.5 Å². The molecule has 0 aromatic carbocycles. The van der Waals surface area contributed by atoms with Crippen molar-refractivity contribution in [3.05, 3.63) is 26.6 Å². The summed E-state index contributed by atoms with van der Waals surface area (Å²) in [5, 5.41) is 0.583. The Labute approximate surface area is 97.2 Å². The van der Waals surface area contributed by atoms with Gasteiger partial charge in [-0.15, -0.1) is 0 Å². The fourth-order valence-corrected chi connectivity index (χ4v) is 3.18. The van der Waals surface area contributed by atoms with Gasteiger partial charge < -0.3 is 0 Å². The number of aromatic nitrogens is 1. The molecule has 1 heterocycles. The lowest BCUT2D eigenvalue weighted by molar-refractivity contribution is 0.145. The van der Waals surface area contributed by atoms with E-state index in [0.717, 1.165) is 11.1 Å². The molecule has 1 aromatic rings. The molecule has 0 saturated heterocycles. The molecule has 0 bridgehead atoms. The summed E-state index contributed by atoms with van der Waals surface area (Å²) in [5.41, 5.74) is 1.71. The summed E-state index contributed by atoms with van der Waals surface area (Å²) in [6.45, 7) is 1.86. The first-order chi connectivity index (χ1) is 6.07. The van der Waals surface area contributed by atoms with Gasteiger partial charge in [0.15, 0.2) is 0 Å². The predicted molar refractivity (Wildman–Crippen MR) is 59.3 cm³/mol. The SMILES string of the molecule is Cc1cnc(C(F)F)c(I)c1CBr. The van der Waals surface area contributed by atoms with Gasteiger partial charge in [0, 0.05) is 15.1 Å². The standard InChI is InChI=1S/C8H7BrF2IN/c1-4-3-13-7(8(10)11)6(12)5(4)2-9/h3,8H,2H2,1H3. The van der Waals surface area contributed by atoms with Gasteiger partial charge in [0.25, 0.3) is 6.43 Å². The second-order valence-corrected chi connectivity index (χ2v) is 4.19. The van der Waals surface area contributed by atoms with Crippen LogP contribution in [0.4, 0.5) is 8.78 Å². The minimum Gasteiger partial charge on any atom is -0.254 e. The number of aryl methyl sites for hydroxylation is 1. The average molecular weight is 362 g/mol. The zero-order chi connectivity index (χ0) is 10.0. The summed E-state index contributed by atoms with van der Waals surface area (Å²) in [5.74, 6) is 0. The van der Waals surface area contributed by atoms with E-state index in [2.05, 4.69) is 20.9 Å². The lowest BCUT2D eigenvalue weighted by Gasteiger charge is -2.08. The first-order valence-corrected chi connectivity index (χ1v) is 5.76. The molecule has 72 valence electrons. The maximum Gasteiger partial charge on any atom is 0.281 e. The molecule has 1 nitrogen and oxygen atoms in total. The first kappa shape index (κ1) is 11.3. The van der Waals surface area contributed by atoms with E-state index in [1.807, 2.05) is 29.5 Å². The summed E-state index contributed by atoms with van der Waals surface area (Å²) in [4.78, 5) is 3.71. The molecule has 1 rings (SSSR count). The Morgan fingerprint density at radius 1 is 1.62 bits per heavy atom. The highest BCUT2D eigenvalue weighted by atomic mass is 127. The van der Waals surface area contributed by atoms with E-state index in [9.17, 15) is 8.78 Å². The number of pyridine rings is 1. The minimum atomic E-state index is -2.50. The molecule has 0 unspecified atom stereocenters. The molecule has 0 amide bonds. The topological polar surface area (TPSA) is 12.9 Å². The van der Waals surface area contributed by atoms with Gasteiger partial charge in [0.1, 0.15) is 5.69 Å². The molecule has 0 aliphatic rings. The molecule has 0 radical (unpaired) electrons. The fourth-order valence-electron chi connectivity index (χ4n) is 0.945. The van der Waals surface area contributed by atoms with Gasteiger partial charge in [-0.3, -0.25) is 4.98 Å². The number of nitrogens with zero attached hydrogens (tertiary/aromatic N) is 1. The monoisotopic (exact) mass is 361 g/mol. The first-order valence-electron chi connectivity index (χ1n) is 3.56. The van der Waals surface area contributed by atoms with Gasteiger partial charge in [0.05, 0.1) is 0 Å². The van der Waals surface area contributed by atoms with Crippen molar-refractivity contribution < 1.29 is 8.78 Å². The van der Waals surface area contributed by atoms with Crippen LogP contribution < -0.4 is 0 Å². The van der Waals surface area contributed by atoms with Gasteiger partial charge in [-0.25, -0.2) is 8.78 Å². The van der Waals surface area contributed by atoms with E-state index >= 15 is 0 Å². The molecule has 0 fully saturated rings. The molecule has 13 heavy (non-hydrogen) atoms. The van der Waals surface area contributed by atoms with E-state index in [1.54, 1.807) is 0 Å². The van der Waals surface area contributed by atoms with Gasteiger partial charge in [-0.2, -0.15) is 0 Å². The fraction of sp³-hybridized carbons (Fsp3) is 0.375. The number of hydrogen-bond donors (Lipinski definition) is 0. The third-order valence-corrected chi connectivity index (χ3v) is 3.47. The van der Waals surface area contributed by atoms with Crippen molar-refractivity contribution in [1.82, 2.24) is 4.98 Å². The van der Waals surface area contributed by atoms with Crippen LogP contribution in [0.25, 0.3) is 0 Å². The lowest BCUT2D eigenvalue weighted by atomic mass is 10.1. The molecular weight excluding hydrogens is 355 g/mol. The van der Waals surface area contributed by atoms with Crippen LogP contribution in [-0.2, 0) is 5.33 Å². The molecule has 0 N–H and O–H groups in total. The van der Waals surface area contributed by atoms with E-state index in [-0.39, 0.29) is 5.69 Å². The number of hydrogen-bond acceptors (Lipinski definition) is 1. The molecule has 0 spiro atoms. The summed E-state index contributed by atoms with van der Waals surface area (Å²) in [7, 11) is 0. The van der Waals surface area contributed by atoms with Crippen LogP contribution in [0.1, 0.15) is 23.2 Å². The number of alkyl halides is 3. The van der Waals surface area contributed by atoms with E-state index < -0.39 is 6.43 Å². The maximum atomic E-state index is 12.4.